The highest BCUT2D eigenvalue weighted by molar-refractivity contribution is 5.93. The molecule has 1 aromatic rings. The lowest BCUT2D eigenvalue weighted by Gasteiger charge is -2.35. The Labute approximate surface area is 172 Å². The largest absolute Gasteiger partial charge is 0.462 e. The van der Waals surface area contributed by atoms with Crippen LogP contribution in [0.5, 0.6) is 0 Å². The molecule has 1 N–H and O–H groups in total. The SMILES string of the molecule is C[C@@H]1OC[C@@H](COC(=O)[C@@]23CC[C@@](C)(C(=O)O2)C3(C)C)[C@H]1NCc1ccccc1. The minimum absolute atomic E-state index is 0.0381. The van der Waals surface area contributed by atoms with Crippen LogP contribution in [-0.4, -0.2) is 42.9 Å². The Balaban J connectivity index is 1.39. The molecule has 2 bridgehead atoms. The van der Waals surface area contributed by atoms with E-state index in [1.54, 1.807) is 0 Å². The number of esters is 2. The summed E-state index contributed by atoms with van der Waals surface area (Å²) in [6.07, 6.45) is 1.21. The van der Waals surface area contributed by atoms with Crippen LogP contribution >= 0.6 is 0 Å². The van der Waals surface area contributed by atoms with E-state index < -0.39 is 22.4 Å². The average Bonchev–Trinajstić information content (AvgIpc) is 3.20. The normalized spacial score (nSPS) is 37.5. The minimum atomic E-state index is -1.17. The monoisotopic (exact) mass is 401 g/mol. The Kier molecular flexibility index (Phi) is 4.98. The van der Waals surface area contributed by atoms with Crippen LogP contribution in [0.15, 0.2) is 30.3 Å². The highest BCUT2D eigenvalue weighted by Crippen LogP contribution is 2.65. The molecule has 0 radical (unpaired) electrons. The molecule has 0 aromatic heterocycles. The molecule has 3 fully saturated rings. The zero-order valence-corrected chi connectivity index (χ0v) is 17.7. The summed E-state index contributed by atoms with van der Waals surface area (Å²) in [7, 11) is 0. The van der Waals surface area contributed by atoms with Crippen LogP contribution in [0.2, 0.25) is 0 Å². The first kappa shape index (κ1) is 20.4. The summed E-state index contributed by atoms with van der Waals surface area (Å²) in [5.74, 6) is -0.647. The minimum Gasteiger partial charge on any atom is -0.462 e. The molecule has 0 unspecified atom stereocenters. The van der Waals surface area contributed by atoms with Crippen molar-refractivity contribution >= 4 is 11.9 Å². The van der Waals surface area contributed by atoms with E-state index in [4.69, 9.17) is 14.2 Å². The molecule has 6 heteroatoms. The Bertz CT molecular complexity index is 794. The van der Waals surface area contributed by atoms with E-state index in [2.05, 4.69) is 17.4 Å². The van der Waals surface area contributed by atoms with Crippen LogP contribution in [0.25, 0.3) is 0 Å². The molecule has 29 heavy (non-hydrogen) atoms. The highest BCUT2D eigenvalue weighted by atomic mass is 16.6. The van der Waals surface area contributed by atoms with Crippen molar-refractivity contribution in [2.24, 2.45) is 16.7 Å². The van der Waals surface area contributed by atoms with Crippen molar-refractivity contribution in [1.29, 1.82) is 0 Å². The third-order valence-corrected chi connectivity index (χ3v) is 7.81. The first-order chi connectivity index (χ1) is 13.7. The Morgan fingerprint density at radius 1 is 1.21 bits per heavy atom. The van der Waals surface area contributed by atoms with Gasteiger partial charge in [-0.05, 0) is 32.3 Å². The molecule has 5 atom stereocenters. The zero-order chi connectivity index (χ0) is 20.9. The van der Waals surface area contributed by atoms with E-state index >= 15 is 0 Å². The quantitative estimate of drug-likeness (QED) is 0.739. The standard InChI is InChI=1S/C23H31NO5/c1-15-18(24-12-16-8-6-5-7-9-16)17(13-27-15)14-28-20(26)23-11-10-22(4,19(25)29-23)21(23,2)3/h5-9,15,17-18,24H,10-14H2,1-4H3/t15-,17-,18-,22-,23+/m0/s1. The van der Waals surface area contributed by atoms with Crippen molar-refractivity contribution in [2.75, 3.05) is 13.2 Å². The molecule has 2 heterocycles. The van der Waals surface area contributed by atoms with Gasteiger partial charge in [0.05, 0.1) is 24.7 Å². The van der Waals surface area contributed by atoms with E-state index in [-0.39, 0.29) is 30.6 Å². The molecule has 2 saturated heterocycles. The van der Waals surface area contributed by atoms with Crippen LogP contribution < -0.4 is 5.32 Å². The summed E-state index contributed by atoms with van der Waals surface area (Å²) in [4.78, 5) is 25.5. The van der Waals surface area contributed by atoms with E-state index in [1.807, 2.05) is 45.9 Å². The number of benzene rings is 1. The van der Waals surface area contributed by atoms with Gasteiger partial charge in [-0.3, -0.25) is 4.79 Å². The fraction of sp³-hybridized carbons (Fsp3) is 0.652. The Morgan fingerprint density at radius 3 is 2.55 bits per heavy atom. The van der Waals surface area contributed by atoms with Crippen molar-refractivity contribution < 1.29 is 23.8 Å². The summed E-state index contributed by atoms with van der Waals surface area (Å²) >= 11 is 0. The van der Waals surface area contributed by atoms with Gasteiger partial charge < -0.3 is 19.5 Å². The Hall–Kier alpha value is -1.92. The van der Waals surface area contributed by atoms with Crippen LogP contribution in [-0.2, 0) is 30.3 Å². The van der Waals surface area contributed by atoms with Crippen molar-refractivity contribution in [1.82, 2.24) is 5.32 Å². The molecule has 158 valence electrons. The van der Waals surface area contributed by atoms with Gasteiger partial charge in [0.15, 0.2) is 0 Å². The van der Waals surface area contributed by atoms with Gasteiger partial charge in [-0.25, -0.2) is 4.79 Å². The average molecular weight is 402 g/mol. The number of hydrogen-bond acceptors (Lipinski definition) is 6. The van der Waals surface area contributed by atoms with Crippen molar-refractivity contribution in [3.8, 4) is 0 Å². The van der Waals surface area contributed by atoms with Crippen molar-refractivity contribution in [2.45, 2.75) is 64.8 Å². The second kappa shape index (κ2) is 7.10. The molecule has 0 amide bonds. The molecule has 6 nitrogen and oxygen atoms in total. The lowest BCUT2D eigenvalue weighted by Crippen LogP contribution is -2.50. The predicted octanol–water partition coefficient (Wildman–Crippen LogP) is 2.84. The summed E-state index contributed by atoms with van der Waals surface area (Å²) in [5.41, 5.74) is -1.18. The molecule has 2 aliphatic heterocycles. The van der Waals surface area contributed by atoms with Crippen molar-refractivity contribution in [3.63, 3.8) is 0 Å². The summed E-state index contributed by atoms with van der Waals surface area (Å²) in [5, 5.41) is 3.55. The van der Waals surface area contributed by atoms with Gasteiger partial charge in [-0.15, -0.1) is 0 Å². The van der Waals surface area contributed by atoms with Gasteiger partial charge in [0.25, 0.3) is 0 Å². The van der Waals surface area contributed by atoms with E-state index in [0.717, 1.165) is 6.54 Å². The summed E-state index contributed by atoms with van der Waals surface area (Å²) in [6.45, 7) is 9.34. The molecular weight excluding hydrogens is 370 g/mol. The van der Waals surface area contributed by atoms with Gasteiger partial charge in [-0.1, -0.05) is 44.2 Å². The van der Waals surface area contributed by atoms with E-state index in [0.29, 0.717) is 19.4 Å². The summed E-state index contributed by atoms with van der Waals surface area (Å²) < 4.78 is 17.2. The van der Waals surface area contributed by atoms with Gasteiger partial charge in [-0.2, -0.15) is 0 Å². The molecular formula is C23H31NO5. The smallest absolute Gasteiger partial charge is 0.351 e. The van der Waals surface area contributed by atoms with Crippen LogP contribution in [0.4, 0.5) is 0 Å². The van der Waals surface area contributed by atoms with E-state index in [9.17, 15) is 9.59 Å². The maximum absolute atomic E-state index is 13.1. The number of nitrogens with one attached hydrogen (secondary N) is 1. The maximum atomic E-state index is 13.1. The third kappa shape index (κ3) is 2.99. The third-order valence-electron chi connectivity index (χ3n) is 7.81. The number of hydrogen-bond donors (Lipinski definition) is 1. The summed E-state index contributed by atoms with van der Waals surface area (Å²) in [6, 6.07) is 10.3. The van der Waals surface area contributed by atoms with Gasteiger partial charge in [0.2, 0.25) is 5.60 Å². The van der Waals surface area contributed by atoms with Gasteiger partial charge in [0, 0.05) is 23.9 Å². The number of rotatable bonds is 6. The second-order valence-electron chi connectivity index (χ2n) is 9.46. The fourth-order valence-corrected chi connectivity index (χ4v) is 5.18. The highest BCUT2D eigenvalue weighted by Gasteiger charge is 2.76. The molecule has 1 aromatic carbocycles. The van der Waals surface area contributed by atoms with Crippen molar-refractivity contribution in [3.05, 3.63) is 35.9 Å². The number of carbonyl (C=O) groups excluding carboxylic acids is 2. The predicted molar refractivity (Wildman–Crippen MR) is 107 cm³/mol. The maximum Gasteiger partial charge on any atom is 0.351 e. The topological polar surface area (TPSA) is 73.9 Å². The number of carbonyl (C=O) groups is 2. The molecule has 0 spiro atoms. The van der Waals surface area contributed by atoms with Crippen LogP contribution in [0, 0.1) is 16.7 Å². The second-order valence-corrected chi connectivity index (χ2v) is 9.46. The lowest BCUT2D eigenvalue weighted by molar-refractivity contribution is -0.184. The molecule has 4 rings (SSSR count). The van der Waals surface area contributed by atoms with Gasteiger partial charge >= 0.3 is 11.9 Å². The molecule has 1 saturated carbocycles. The first-order valence-electron chi connectivity index (χ1n) is 10.5. The molecule has 3 aliphatic rings. The lowest BCUT2D eigenvalue weighted by atomic mass is 9.66. The zero-order valence-electron chi connectivity index (χ0n) is 17.7. The number of fused-ring (bicyclic) bond motifs is 2. The number of ether oxygens (including phenoxy) is 3. The first-order valence-corrected chi connectivity index (χ1v) is 10.5. The Morgan fingerprint density at radius 2 is 1.93 bits per heavy atom. The molecule has 1 aliphatic carbocycles. The van der Waals surface area contributed by atoms with Crippen LogP contribution in [0.3, 0.4) is 0 Å². The van der Waals surface area contributed by atoms with Gasteiger partial charge in [0.1, 0.15) is 0 Å². The van der Waals surface area contributed by atoms with Crippen LogP contribution in [0.1, 0.15) is 46.1 Å². The fourth-order valence-electron chi connectivity index (χ4n) is 5.18. The van der Waals surface area contributed by atoms with E-state index in [1.165, 1.54) is 5.56 Å².